The van der Waals surface area contributed by atoms with Crippen molar-refractivity contribution in [2.75, 3.05) is 5.32 Å². The highest BCUT2D eigenvalue weighted by molar-refractivity contribution is 6.05. The van der Waals surface area contributed by atoms with E-state index in [1.807, 2.05) is 54.6 Å². The molecule has 4 N–H and O–H groups in total. The number of aryl methyl sites for hydroxylation is 1. The highest BCUT2D eigenvalue weighted by atomic mass is 16.2. The summed E-state index contributed by atoms with van der Waals surface area (Å²) >= 11 is 0. The summed E-state index contributed by atoms with van der Waals surface area (Å²) in [5.74, 6) is -1.20. The van der Waals surface area contributed by atoms with Crippen molar-refractivity contribution in [3.8, 4) is 11.3 Å². The monoisotopic (exact) mass is 511 g/mol. The van der Waals surface area contributed by atoms with Gasteiger partial charge in [-0.1, -0.05) is 36.4 Å². The third-order valence-corrected chi connectivity index (χ3v) is 7.10. The number of fused-ring (bicyclic) bond motifs is 1. The third kappa shape index (κ3) is 5.19. The van der Waals surface area contributed by atoms with Crippen molar-refractivity contribution in [3.63, 3.8) is 0 Å². The number of hydrogen-bond acceptors (Lipinski definition) is 6. The Hall–Kier alpha value is -4.37. The summed E-state index contributed by atoms with van der Waals surface area (Å²) in [5.41, 5.74) is 10.9. The van der Waals surface area contributed by atoms with Crippen LogP contribution in [0.4, 0.5) is 5.69 Å². The molecule has 1 aromatic heterocycles. The zero-order valence-corrected chi connectivity index (χ0v) is 20.9. The summed E-state index contributed by atoms with van der Waals surface area (Å²) < 4.78 is 0. The van der Waals surface area contributed by atoms with E-state index in [4.69, 9.17) is 5.73 Å². The molecular weight excluding hydrogens is 482 g/mol. The van der Waals surface area contributed by atoms with Gasteiger partial charge in [-0.15, -0.1) is 0 Å². The van der Waals surface area contributed by atoms with E-state index in [1.165, 1.54) is 0 Å². The lowest BCUT2D eigenvalue weighted by Crippen LogP contribution is -2.52. The molecule has 9 heteroatoms. The van der Waals surface area contributed by atoms with Crippen LogP contribution in [0.1, 0.15) is 47.2 Å². The number of benzene rings is 2. The Morgan fingerprint density at radius 2 is 1.84 bits per heavy atom. The summed E-state index contributed by atoms with van der Waals surface area (Å²) in [6.45, 7) is 0.327. The number of para-hydroxylation sites is 1. The van der Waals surface area contributed by atoms with Crippen LogP contribution in [0.25, 0.3) is 11.3 Å². The zero-order chi connectivity index (χ0) is 26.6. The average molecular weight is 512 g/mol. The van der Waals surface area contributed by atoms with Crippen molar-refractivity contribution in [2.45, 2.75) is 50.7 Å². The molecule has 2 unspecified atom stereocenters. The number of carbonyl (C=O) groups excluding carboxylic acids is 4. The molecule has 3 aromatic rings. The number of piperidine rings is 1. The first-order valence-electron chi connectivity index (χ1n) is 12.7. The van der Waals surface area contributed by atoms with Crippen LogP contribution >= 0.6 is 0 Å². The van der Waals surface area contributed by atoms with Gasteiger partial charge in [0.05, 0.1) is 17.4 Å². The first-order valence-corrected chi connectivity index (χ1v) is 12.7. The molecule has 1 fully saturated rings. The minimum absolute atomic E-state index is 0.195. The largest absolute Gasteiger partial charge is 0.324 e. The third-order valence-electron chi connectivity index (χ3n) is 7.10. The van der Waals surface area contributed by atoms with Gasteiger partial charge in [0.2, 0.25) is 17.7 Å². The van der Waals surface area contributed by atoms with Gasteiger partial charge in [-0.05, 0) is 61.1 Å². The van der Waals surface area contributed by atoms with Crippen LogP contribution in [0.5, 0.6) is 0 Å². The molecule has 0 saturated carbocycles. The van der Waals surface area contributed by atoms with Crippen LogP contribution < -0.4 is 16.4 Å². The Kier molecular flexibility index (Phi) is 7.28. The SMILES string of the molecule is NC(CCCc1cccc2c1CN(C1CCC(=O)NC1=O)C2=O)C(=O)Nc1ccccc1-c1ccccn1. The van der Waals surface area contributed by atoms with Gasteiger partial charge in [-0.25, -0.2) is 0 Å². The summed E-state index contributed by atoms with van der Waals surface area (Å²) in [5, 5.41) is 5.27. The van der Waals surface area contributed by atoms with Crippen LogP contribution in [-0.2, 0) is 27.3 Å². The molecule has 2 aliphatic rings. The minimum atomic E-state index is -0.704. The predicted octanol–water partition coefficient (Wildman–Crippen LogP) is 2.80. The van der Waals surface area contributed by atoms with Gasteiger partial charge in [0, 0.05) is 30.3 Å². The summed E-state index contributed by atoms with van der Waals surface area (Å²) in [7, 11) is 0. The van der Waals surface area contributed by atoms with E-state index in [1.54, 1.807) is 17.2 Å². The molecule has 4 amide bonds. The lowest BCUT2D eigenvalue weighted by atomic mass is 9.97. The van der Waals surface area contributed by atoms with Crippen molar-refractivity contribution in [1.82, 2.24) is 15.2 Å². The fraction of sp³-hybridized carbons (Fsp3) is 0.276. The topological polar surface area (TPSA) is 134 Å². The van der Waals surface area contributed by atoms with Gasteiger partial charge >= 0.3 is 0 Å². The van der Waals surface area contributed by atoms with Gasteiger partial charge in [-0.2, -0.15) is 0 Å². The molecule has 0 radical (unpaired) electrons. The number of aromatic nitrogens is 1. The average Bonchev–Trinajstić information content (AvgIpc) is 3.26. The Bertz CT molecular complexity index is 1390. The lowest BCUT2D eigenvalue weighted by Gasteiger charge is -2.29. The van der Waals surface area contributed by atoms with Gasteiger partial charge in [0.25, 0.3) is 5.91 Å². The molecule has 9 nitrogen and oxygen atoms in total. The van der Waals surface area contributed by atoms with Crippen LogP contribution in [0.2, 0.25) is 0 Å². The van der Waals surface area contributed by atoms with Gasteiger partial charge < -0.3 is 16.0 Å². The van der Waals surface area contributed by atoms with E-state index >= 15 is 0 Å². The molecule has 38 heavy (non-hydrogen) atoms. The molecule has 0 aliphatic carbocycles. The smallest absolute Gasteiger partial charge is 0.255 e. The standard InChI is InChI=1S/C29H29N5O4/c30-22(27(36)32-24-13-2-1-9-20(24)23-12-3-4-16-31-23)11-6-8-18-7-5-10-19-21(18)17-34(29(19)38)25-14-15-26(35)33-28(25)37/h1-5,7,9-10,12-13,16,22,25H,6,8,11,14-15,17,30H2,(H,32,36)(H,33,35,37). The fourth-order valence-electron chi connectivity index (χ4n) is 5.09. The quantitative estimate of drug-likeness (QED) is 0.398. The number of pyridine rings is 1. The van der Waals surface area contributed by atoms with Crippen LogP contribution in [0.15, 0.2) is 66.9 Å². The van der Waals surface area contributed by atoms with Crippen molar-refractivity contribution in [1.29, 1.82) is 0 Å². The molecule has 5 rings (SSSR count). The van der Waals surface area contributed by atoms with Gasteiger partial charge in [0.15, 0.2) is 0 Å². The molecule has 2 atom stereocenters. The maximum absolute atomic E-state index is 13.0. The number of imide groups is 1. The first-order chi connectivity index (χ1) is 18.4. The summed E-state index contributed by atoms with van der Waals surface area (Å²) in [6.07, 6.45) is 4.01. The fourth-order valence-corrected chi connectivity index (χ4v) is 5.09. The second-order valence-corrected chi connectivity index (χ2v) is 9.59. The van der Waals surface area contributed by atoms with Gasteiger partial charge in [-0.3, -0.25) is 29.5 Å². The van der Waals surface area contributed by atoms with Gasteiger partial charge in [0.1, 0.15) is 6.04 Å². The van der Waals surface area contributed by atoms with Crippen LogP contribution in [0, 0.1) is 0 Å². The number of nitrogens with one attached hydrogen (secondary N) is 2. The Labute approximate surface area is 220 Å². The number of anilines is 1. The molecule has 1 saturated heterocycles. The van der Waals surface area contributed by atoms with E-state index < -0.39 is 18.0 Å². The Morgan fingerprint density at radius 3 is 2.63 bits per heavy atom. The number of amides is 4. The van der Waals surface area contributed by atoms with E-state index in [2.05, 4.69) is 15.6 Å². The highest BCUT2D eigenvalue weighted by Gasteiger charge is 2.39. The van der Waals surface area contributed by atoms with Crippen molar-refractivity contribution < 1.29 is 19.2 Å². The molecular formula is C29H29N5O4. The number of rotatable bonds is 8. The normalized spacial score (nSPS) is 17.7. The first kappa shape index (κ1) is 25.3. The number of nitrogens with two attached hydrogens (primary N) is 1. The van der Waals surface area contributed by atoms with E-state index in [9.17, 15) is 19.2 Å². The summed E-state index contributed by atoms with van der Waals surface area (Å²) in [6, 6.07) is 17.3. The maximum Gasteiger partial charge on any atom is 0.255 e. The number of carbonyl (C=O) groups is 4. The molecule has 2 aliphatic heterocycles. The van der Waals surface area contributed by atoms with Crippen LogP contribution in [-0.4, -0.2) is 45.6 Å². The van der Waals surface area contributed by atoms with E-state index in [0.717, 1.165) is 22.4 Å². The van der Waals surface area contributed by atoms with E-state index in [0.29, 0.717) is 43.5 Å². The molecule has 3 heterocycles. The number of nitrogens with zero attached hydrogens (tertiary/aromatic N) is 2. The molecule has 2 aromatic carbocycles. The molecule has 0 bridgehead atoms. The Balaban J connectivity index is 1.20. The minimum Gasteiger partial charge on any atom is -0.324 e. The summed E-state index contributed by atoms with van der Waals surface area (Å²) in [4.78, 5) is 55.7. The lowest BCUT2D eigenvalue weighted by molar-refractivity contribution is -0.137. The van der Waals surface area contributed by atoms with E-state index in [-0.39, 0.29) is 24.1 Å². The second-order valence-electron chi connectivity index (χ2n) is 9.59. The highest BCUT2D eigenvalue weighted by Crippen LogP contribution is 2.31. The predicted molar refractivity (Wildman–Crippen MR) is 142 cm³/mol. The van der Waals surface area contributed by atoms with Crippen molar-refractivity contribution >= 4 is 29.3 Å². The zero-order valence-electron chi connectivity index (χ0n) is 20.9. The number of hydrogen-bond donors (Lipinski definition) is 3. The second kappa shape index (κ2) is 10.9. The molecule has 194 valence electrons. The Morgan fingerprint density at radius 1 is 1.05 bits per heavy atom. The van der Waals surface area contributed by atoms with Crippen LogP contribution in [0.3, 0.4) is 0 Å². The maximum atomic E-state index is 13.0. The molecule has 0 spiro atoms. The van der Waals surface area contributed by atoms with Crippen molar-refractivity contribution in [3.05, 3.63) is 83.6 Å². The van der Waals surface area contributed by atoms with Crippen molar-refractivity contribution in [2.24, 2.45) is 5.73 Å².